The molecule has 4 nitrogen and oxygen atoms in total. The van der Waals surface area contributed by atoms with Crippen LogP contribution >= 0.6 is 0 Å². The average molecular weight is 290 g/mol. The van der Waals surface area contributed by atoms with E-state index < -0.39 is 0 Å². The largest absolute Gasteiger partial charge is 0.457 e. The summed E-state index contributed by atoms with van der Waals surface area (Å²) in [6.45, 7) is 0. The van der Waals surface area contributed by atoms with Gasteiger partial charge in [0.2, 0.25) is 0 Å². The van der Waals surface area contributed by atoms with E-state index in [2.05, 4.69) is 10.3 Å². The van der Waals surface area contributed by atoms with Crippen LogP contribution in [0.1, 0.15) is 10.4 Å². The highest BCUT2D eigenvalue weighted by Gasteiger charge is 2.07. The number of anilines is 1. The number of amides is 1. The Morgan fingerprint density at radius 2 is 1.59 bits per heavy atom. The van der Waals surface area contributed by atoms with Gasteiger partial charge in [0, 0.05) is 23.6 Å². The van der Waals surface area contributed by atoms with Crippen LogP contribution < -0.4 is 10.1 Å². The number of pyridine rings is 1. The number of para-hydroxylation sites is 1. The maximum atomic E-state index is 12.2. The molecule has 0 saturated heterocycles. The summed E-state index contributed by atoms with van der Waals surface area (Å²) in [6.07, 6.45) is 3.26. The Bertz CT molecular complexity index is 758. The zero-order valence-corrected chi connectivity index (χ0v) is 11.8. The normalized spacial score (nSPS) is 10.0. The van der Waals surface area contributed by atoms with E-state index in [1.165, 1.54) is 0 Å². The number of ether oxygens (including phenoxy) is 1. The second kappa shape index (κ2) is 6.54. The summed E-state index contributed by atoms with van der Waals surface area (Å²) in [5.74, 6) is 1.16. The van der Waals surface area contributed by atoms with Crippen molar-refractivity contribution in [2.24, 2.45) is 0 Å². The second-order valence-electron chi connectivity index (χ2n) is 4.63. The van der Waals surface area contributed by atoms with Gasteiger partial charge in [0.25, 0.3) is 5.91 Å². The van der Waals surface area contributed by atoms with Crippen LogP contribution in [0.3, 0.4) is 0 Å². The van der Waals surface area contributed by atoms with Crippen LogP contribution in [-0.2, 0) is 0 Å². The quantitative estimate of drug-likeness (QED) is 0.786. The fourth-order valence-corrected chi connectivity index (χ4v) is 1.96. The zero-order valence-electron chi connectivity index (χ0n) is 11.8. The van der Waals surface area contributed by atoms with E-state index in [9.17, 15) is 4.79 Å². The number of carbonyl (C=O) groups excluding carboxylic acids is 1. The highest BCUT2D eigenvalue weighted by Crippen LogP contribution is 2.22. The molecule has 0 aliphatic rings. The van der Waals surface area contributed by atoms with Crippen molar-refractivity contribution < 1.29 is 9.53 Å². The van der Waals surface area contributed by atoms with Crippen LogP contribution in [0.5, 0.6) is 11.5 Å². The van der Waals surface area contributed by atoms with E-state index in [-0.39, 0.29) is 5.91 Å². The first-order chi connectivity index (χ1) is 10.8. The molecule has 3 rings (SSSR count). The molecule has 0 bridgehead atoms. The average Bonchev–Trinajstić information content (AvgIpc) is 2.57. The van der Waals surface area contributed by atoms with Crippen molar-refractivity contribution in [1.82, 2.24) is 4.98 Å². The number of nitrogens with zero attached hydrogens (tertiary/aromatic N) is 1. The number of rotatable bonds is 4. The van der Waals surface area contributed by atoms with Crippen LogP contribution in [0.15, 0.2) is 79.1 Å². The Morgan fingerprint density at radius 1 is 0.864 bits per heavy atom. The van der Waals surface area contributed by atoms with Gasteiger partial charge < -0.3 is 10.1 Å². The number of benzene rings is 2. The fraction of sp³-hybridized carbons (Fsp3) is 0. The predicted molar refractivity (Wildman–Crippen MR) is 85.1 cm³/mol. The van der Waals surface area contributed by atoms with Gasteiger partial charge in [-0.25, -0.2) is 0 Å². The molecule has 22 heavy (non-hydrogen) atoms. The lowest BCUT2D eigenvalue weighted by Gasteiger charge is -2.08. The van der Waals surface area contributed by atoms with Crippen LogP contribution in [0.25, 0.3) is 0 Å². The van der Waals surface area contributed by atoms with Crippen molar-refractivity contribution in [3.8, 4) is 11.5 Å². The van der Waals surface area contributed by atoms with Gasteiger partial charge in [0.1, 0.15) is 11.5 Å². The van der Waals surface area contributed by atoms with Crippen molar-refractivity contribution in [2.75, 3.05) is 5.32 Å². The lowest BCUT2D eigenvalue weighted by molar-refractivity contribution is 0.102. The molecule has 2 aromatic carbocycles. The summed E-state index contributed by atoms with van der Waals surface area (Å²) in [5.41, 5.74) is 1.24. The van der Waals surface area contributed by atoms with E-state index in [0.717, 1.165) is 5.75 Å². The number of nitrogens with one attached hydrogen (secondary N) is 1. The lowest BCUT2D eigenvalue weighted by atomic mass is 10.2. The Hall–Kier alpha value is -3.14. The number of hydrogen-bond acceptors (Lipinski definition) is 3. The molecule has 3 aromatic rings. The fourth-order valence-electron chi connectivity index (χ4n) is 1.96. The van der Waals surface area contributed by atoms with Gasteiger partial charge in [-0.1, -0.05) is 24.3 Å². The van der Waals surface area contributed by atoms with Crippen LogP contribution in [0.4, 0.5) is 5.69 Å². The van der Waals surface area contributed by atoms with Gasteiger partial charge in [0.05, 0.1) is 0 Å². The van der Waals surface area contributed by atoms with Gasteiger partial charge in [0.15, 0.2) is 0 Å². The first kappa shape index (κ1) is 13.8. The molecule has 0 saturated carbocycles. The van der Waals surface area contributed by atoms with E-state index >= 15 is 0 Å². The number of carbonyl (C=O) groups is 1. The highest BCUT2D eigenvalue weighted by atomic mass is 16.5. The van der Waals surface area contributed by atoms with Crippen molar-refractivity contribution in [3.05, 3.63) is 84.7 Å². The Labute approximate surface area is 128 Å². The Balaban J connectivity index is 1.75. The molecule has 0 radical (unpaired) electrons. The standard InChI is InChI=1S/C18H14N2O2/c21-18(20-15-9-11-19-12-10-15)14-5-4-8-17(13-14)22-16-6-2-1-3-7-16/h1-13H,(H,19,20,21). The number of aromatic nitrogens is 1. The summed E-state index contributed by atoms with van der Waals surface area (Å²) in [4.78, 5) is 16.1. The first-order valence-corrected chi connectivity index (χ1v) is 6.85. The molecule has 1 aromatic heterocycles. The molecule has 0 atom stereocenters. The van der Waals surface area contributed by atoms with Crippen molar-refractivity contribution in [1.29, 1.82) is 0 Å². The molecular weight excluding hydrogens is 276 g/mol. The topological polar surface area (TPSA) is 51.2 Å². The second-order valence-corrected chi connectivity index (χ2v) is 4.63. The third-order valence-electron chi connectivity index (χ3n) is 3.01. The monoisotopic (exact) mass is 290 g/mol. The maximum absolute atomic E-state index is 12.2. The molecule has 0 spiro atoms. The third-order valence-corrected chi connectivity index (χ3v) is 3.01. The summed E-state index contributed by atoms with van der Waals surface area (Å²) < 4.78 is 5.73. The van der Waals surface area contributed by atoms with Crippen molar-refractivity contribution in [2.45, 2.75) is 0 Å². The van der Waals surface area contributed by atoms with E-state index in [1.807, 2.05) is 36.4 Å². The SMILES string of the molecule is O=C(Nc1ccncc1)c1cccc(Oc2ccccc2)c1. The van der Waals surface area contributed by atoms with Crippen LogP contribution in [0, 0.1) is 0 Å². The minimum atomic E-state index is -0.190. The van der Waals surface area contributed by atoms with Crippen molar-refractivity contribution >= 4 is 11.6 Å². The summed E-state index contributed by atoms with van der Waals surface area (Å²) >= 11 is 0. The molecule has 108 valence electrons. The molecule has 4 heteroatoms. The van der Waals surface area contributed by atoms with Gasteiger partial charge in [-0.15, -0.1) is 0 Å². The molecule has 1 heterocycles. The van der Waals surface area contributed by atoms with Gasteiger partial charge in [-0.05, 0) is 42.5 Å². The van der Waals surface area contributed by atoms with Crippen LogP contribution in [0.2, 0.25) is 0 Å². The molecule has 0 aliphatic carbocycles. The van der Waals surface area contributed by atoms with Gasteiger partial charge in [-0.3, -0.25) is 9.78 Å². The van der Waals surface area contributed by atoms with Crippen LogP contribution in [-0.4, -0.2) is 10.9 Å². The predicted octanol–water partition coefficient (Wildman–Crippen LogP) is 4.13. The summed E-state index contributed by atoms with van der Waals surface area (Å²) in [6, 6.07) is 20.0. The molecular formula is C18H14N2O2. The molecule has 0 aliphatic heterocycles. The van der Waals surface area contributed by atoms with Gasteiger partial charge in [-0.2, -0.15) is 0 Å². The van der Waals surface area contributed by atoms with E-state index in [0.29, 0.717) is 17.0 Å². The number of hydrogen-bond donors (Lipinski definition) is 1. The smallest absolute Gasteiger partial charge is 0.255 e. The Kier molecular flexibility index (Phi) is 4.11. The minimum absolute atomic E-state index is 0.190. The summed E-state index contributed by atoms with van der Waals surface area (Å²) in [7, 11) is 0. The molecule has 1 N–H and O–H groups in total. The molecule has 0 unspecified atom stereocenters. The summed E-state index contributed by atoms with van der Waals surface area (Å²) in [5, 5.41) is 2.81. The third kappa shape index (κ3) is 3.49. The van der Waals surface area contributed by atoms with Gasteiger partial charge >= 0.3 is 0 Å². The maximum Gasteiger partial charge on any atom is 0.255 e. The van der Waals surface area contributed by atoms with E-state index in [1.54, 1.807) is 42.7 Å². The lowest BCUT2D eigenvalue weighted by Crippen LogP contribution is -2.11. The first-order valence-electron chi connectivity index (χ1n) is 6.85. The van der Waals surface area contributed by atoms with Crippen molar-refractivity contribution in [3.63, 3.8) is 0 Å². The molecule has 1 amide bonds. The minimum Gasteiger partial charge on any atom is -0.457 e. The van der Waals surface area contributed by atoms with E-state index in [4.69, 9.17) is 4.74 Å². The molecule has 0 fully saturated rings. The Morgan fingerprint density at radius 3 is 2.36 bits per heavy atom. The zero-order chi connectivity index (χ0) is 15.2. The highest BCUT2D eigenvalue weighted by molar-refractivity contribution is 6.04.